The zero-order valence-corrected chi connectivity index (χ0v) is 10.8. The summed E-state index contributed by atoms with van der Waals surface area (Å²) in [6.07, 6.45) is 4.91. The maximum Gasteiger partial charge on any atom is 0.358 e. The van der Waals surface area contributed by atoms with E-state index in [1.165, 1.54) is 23.7 Å². The number of aromatic nitrogens is 3. The number of hydrogen-bond donors (Lipinski definition) is 3. The molecule has 3 N–H and O–H groups in total. The van der Waals surface area contributed by atoms with Crippen LogP contribution in [0.3, 0.4) is 0 Å². The van der Waals surface area contributed by atoms with Crippen molar-refractivity contribution in [1.29, 1.82) is 0 Å². The summed E-state index contributed by atoms with van der Waals surface area (Å²) in [6.45, 7) is 2.48. The lowest BCUT2D eigenvalue weighted by atomic mass is 9.97. The van der Waals surface area contributed by atoms with Gasteiger partial charge in [0.25, 0.3) is 0 Å². The second-order valence-electron chi connectivity index (χ2n) is 5.01. The van der Waals surface area contributed by atoms with Crippen molar-refractivity contribution in [3.8, 4) is 0 Å². The molecule has 106 valence electrons. The van der Waals surface area contributed by atoms with Crippen molar-refractivity contribution in [3.05, 3.63) is 11.9 Å². The van der Waals surface area contributed by atoms with Crippen LogP contribution in [0.1, 0.15) is 29.8 Å². The first-order chi connectivity index (χ1) is 9.20. The summed E-state index contributed by atoms with van der Waals surface area (Å²) < 4.78 is 1.52. The number of carboxylic acids is 1. The molecule has 0 amide bonds. The SMILES string of the molecule is O=C(O)c1cn(CCNCC2CCCC2CO)nn1. The monoisotopic (exact) mass is 268 g/mol. The van der Waals surface area contributed by atoms with E-state index in [2.05, 4.69) is 15.6 Å². The third-order valence-electron chi connectivity index (χ3n) is 3.73. The maximum atomic E-state index is 10.6. The quantitative estimate of drug-likeness (QED) is 0.601. The van der Waals surface area contributed by atoms with E-state index in [1.54, 1.807) is 0 Å². The van der Waals surface area contributed by atoms with Crippen molar-refractivity contribution in [2.75, 3.05) is 19.7 Å². The van der Waals surface area contributed by atoms with Crippen LogP contribution in [0.2, 0.25) is 0 Å². The fourth-order valence-corrected chi connectivity index (χ4v) is 2.61. The zero-order chi connectivity index (χ0) is 13.7. The molecule has 1 fully saturated rings. The summed E-state index contributed by atoms with van der Waals surface area (Å²) in [6, 6.07) is 0. The Labute approximate surface area is 111 Å². The van der Waals surface area contributed by atoms with Crippen LogP contribution in [0.4, 0.5) is 0 Å². The lowest BCUT2D eigenvalue weighted by Crippen LogP contribution is -2.29. The van der Waals surface area contributed by atoms with Crippen molar-refractivity contribution in [1.82, 2.24) is 20.3 Å². The van der Waals surface area contributed by atoms with E-state index >= 15 is 0 Å². The molecule has 1 aromatic heterocycles. The highest BCUT2D eigenvalue weighted by atomic mass is 16.4. The van der Waals surface area contributed by atoms with Gasteiger partial charge in [0.15, 0.2) is 5.69 Å². The lowest BCUT2D eigenvalue weighted by molar-refractivity contribution is 0.0690. The number of rotatable bonds is 7. The van der Waals surface area contributed by atoms with Crippen molar-refractivity contribution < 1.29 is 15.0 Å². The van der Waals surface area contributed by atoms with Gasteiger partial charge in [0.1, 0.15) is 0 Å². The van der Waals surface area contributed by atoms with E-state index in [9.17, 15) is 9.90 Å². The first kappa shape index (κ1) is 14.0. The van der Waals surface area contributed by atoms with Gasteiger partial charge >= 0.3 is 5.97 Å². The molecule has 19 heavy (non-hydrogen) atoms. The second-order valence-corrected chi connectivity index (χ2v) is 5.01. The zero-order valence-electron chi connectivity index (χ0n) is 10.8. The van der Waals surface area contributed by atoms with Crippen molar-refractivity contribution in [2.24, 2.45) is 11.8 Å². The van der Waals surface area contributed by atoms with E-state index < -0.39 is 5.97 Å². The van der Waals surface area contributed by atoms with E-state index in [0.29, 0.717) is 18.4 Å². The Balaban J connectivity index is 1.67. The van der Waals surface area contributed by atoms with Gasteiger partial charge in [-0.1, -0.05) is 11.6 Å². The molecule has 2 unspecified atom stereocenters. The number of carboxylic acid groups (broad SMARTS) is 1. The fraction of sp³-hybridized carbons (Fsp3) is 0.750. The predicted octanol–water partition coefficient (Wildman–Crippen LogP) is -0.0255. The molecule has 0 spiro atoms. The molecule has 2 rings (SSSR count). The Hall–Kier alpha value is -1.47. The number of nitrogens with zero attached hydrogens (tertiary/aromatic N) is 3. The Morgan fingerprint density at radius 1 is 1.47 bits per heavy atom. The lowest BCUT2D eigenvalue weighted by Gasteiger charge is -2.17. The van der Waals surface area contributed by atoms with Gasteiger partial charge in [-0.05, 0) is 31.2 Å². The topological polar surface area (TPSA) is 100 Å². The van der Waals surface area contributed by atoms with Crippen LogP contribution in [-0.4, -0.2) is 50.9 Å². The molecule has 1 aliphatic carbocycles. The molecule has 1 aromatic rings. The highest BCUT2D eigenvalue weighted by Crippen LogP contribution is 2.30. The Bertz CT molecular complexity index is 421. The van der Waals surface area contributed by atoms with Gasteiger partial charge in [0.2, 0.25) is 0 Å². The molecule has 1 heterocycles. The first-order valence-electron chi connectivity index (χ1n) is 6.65. The molecule has 0 radical (unpaired) electrons. The normalized spacial score (nSPS) is 22.8. The minimum absolute atomic E-state index is 0.0314. The van der Waals surface area contributed by atoms with Crippen molar-refractivity contribution in [3.63, 3.8) is 0 Å². The van der Waals surface area contributed by atoms with E-state index in [-0.39, 0.29) is 12.3 Å². The molecule has 7 heteroatoms. The highest BCUT2D eigenvalue weighted by molar-refractivity contribution is 5.84. The summed E-state index contributed by atoms with van der Waals surface area (Å²) in [5.74, 6) is -0.0798. The van der Waals surface area contributed by atoms with E-state index in [0.717, 1.165) is 19.5 Å². The average molecular weight is 268 g/mol. The number of nitrogens with one attached hydrogen (secondary N) is 1. The summed E-state index contributed by atoms with van der Waals surface area (Å²) in [7, 11) is 0. The Morgan fingerprint density at radius 3 is 2.95 bits per heavy atom. The van der Waals surface area contributed by atoms with Gasteiger partial charge in [-0.25, -0.2) is 4.79 Å². The number of aliphatic hydroxyl groups excluding tert-OH is 1. The molecule has 0 bridgehead atoms. The summed E-state index contributed by atoms with van der Waals surface area (Å²) in [5, 5.41) is 28.6. The van der Waals surface area contributed by atoms with Crippen molar-refractivity contribution in [2.45, 2.75) is 25.8 Å². The van der Waals surface area contributed by atoms with Gasteiger partial charge in [0, 0.05) is 13.2 Å². The van der Waals surface area contributed by atoms with Gasteiger partial charge in [-0.15, -0.1) is 5.10 Å². The third-order valence-corrected chi connectivity index (χ3v) is 3.73. The van der Waals surface area contributed by atoms with Crippen LogP contribution >= 0.6 is 0 Å². The molecular formula is C12H20N4O3. The minimum Gasteiger partial charge on any atom is -0.476 e. The van der Waals surface area contributed by atoms with E-state index in [1.807, 2.05) is 0 Å². The van der Waals surface area contributed by atoms with Gasteiger partial charge in [-0.2, -0.15) is 0 Å². The maximum absolute atomic E-state index is 10.6. The summed E-state index contributed by atoms with van der Waals surface area (Å²) >= 11 is 0. The molecule has 1 saturated carbocycles. The summed E-state index contributed by atoms with van der Waals surface area (Å²) in [5.41, 5.74) is -0.0314. The standard InChI is InChI=1S/C12H20N4O3/c17-8-10-3-1-2-9(10)6-13-4-5-16-7-11(12(18)19)14-15-16/h7,9-10,13,17H,1-6,8H2,(H,18,19). The molecule has 0 aliphatic heterocycles. The van der Waals surface area contributed by atoms with Crippen LogP contribution < -0.4 is 5.32 Å². The van der Waals surface area contributed by atoms with Gasteiger partial charge < -0.3 is 15.5 Å². The molecule has 0 aromatic carbocycles. The van der Waals surface area contributed by atoms with Gasteiger partial charge in [0.05, 0.1) is 12.7 Å². The number of aromatic carboxylic acids is 1. The van der Waals surface area contributed by atoms with Crippen LogP contribution in [0.15, 0.2) is 6.20 Å². The van der Waals surface area contributed by atoms with Crippen LogP contribution in [0, 0.1) is 11.8 Å². The number of hydrogen-bond acceptors (Lipinski definition) is 5. The molecule has 0 saturated heterocycles. The molecule has 1 aliphatic rings. The van der Waals surface area contributed by atoms with Crippen LogP contribution in [0.25, 0.3) is 0 Å². The average Bonchev–Trinajstić information content (AvgIpc) is 3.03. The number of carbonyl (C=O) groups is 1. The number of aliphatic hydroxyl groups is 1. The molecular weight excluding hydrogens is 248 g/mol. The largest absolute Gasteiger partial charge is 0.476 e. The van der Waals surface area contributed by atoms with Crippen LogP contribution in [0.5, 0.6) is 0 Å². The molecule has 7 nitrogen and oxygen atoms in total. The predicted molar refractivity (Wildman–Crippen MR) is 67.8 cm³/mol. The van der Waals surface area contributed by atoms with Crippen molar-refractivity contribution >= 4 is 5.97 Å². The fourth-order valence-electron chi connectivity index (χ4n) is 2.61. The Kier molecular flexibility index (Phi) is 4.86. The summed E-state index contributed by atoms with van der Waals surface area (Å²) in [4.78, 5) is 10.6. The first-order valence-corrected chi connectivity index (χ1v) is 6.65. The second kappa shape index (κ2) is 6.63. The molecule has 2 atom stereocenters. The van der Waals surface area contributed by atoms with E-state index in [4.69, 9.17) is 5.11 Å². The minimum atomic E-state index is -1.06. The van der Waals surface area contributed by atoms with Gasteiger partial charge in [-0.3, -0.25) is 4.68 Å². The smallest absolute Gasteiger partial charge is 0.358 e. The Morgan fingerprint density at radius 2 is 2.26 bits per heavy atom. The van der Waals surface area contributed by atoms with Crippen LogP contribution in [-0.2, 0) is 6.54 Å². The third kappa shape index (κ3) is 3.74. The highest BCUT2D eigenvalue weighted by Gasteiger charge is 2.25.